The zero-order chi connectivity index (χ0) is 18.7. The Kier molecular flexibility index (Phi) is 5.32. The molecule has 138 valence electrons. The van der Waals surface area contributed by atoms with Crippen molar-refractivity contribution in [3.8, 4) is 0 Å². The summed E-state index contributed by atoms with van der Waals surface area (Å²) in [5.41, 5.74) is 2.33. The summed E-state index contributed by atoms with van der Waals surface area (Å²) in [4.78, 5) is 29.9. The Morgan fingerprint density at radius 1 is 1.31 bits per heavy atom. The lowest BCUT2D eigenvalue weighted by Crippen LogP contribution is -2.55. The van der Waals surface area contributed by atoms with Gasteiger partial charge in [-0.25, -0.2) is 9.67 Å². The minimum absolute atomic E-state index is 0.0640. The molecule has 1 atom stereocenters. The highest BCUT2D eigenvalue weighted by atomic mass is 16.4. The van der Waals surface area contributed by atoms with Gasteiger partial charge in [0.15, 0.2) is 0 Å². The maximum Gasteiger partial charge on any atom is 0.325 e. The van der Waals surface area contributed by atoms with Gasteiger partial charge in [-0.2, -0.15) is 5.10 Å². The van der Waals surface area contributed by atoms with Gasteiger partial charge in [0.1, 0.15) is 18.2 Å². The molecule has 1 aromatic heterocycles. The molecule has 2 N–H and O–H groups in total. The van der Waals surface area contributed by atoms with E-state index in [-0.39, 0.29) is 12.5 Å². The molecule has 1 aliphatic rings. The molecule has 0 aliphatic carbocycles. The van der Waals surface area contributed by atoms with Crippen LogP contribution in [0.5, 0.6) is 0 Å². The molecule has 0 saturated carbocycles. The number of nitrogens with one attached hydrogen (secondary N) is 1. The molecule has 2 heterocycles. The Bertz CT molecular complexity index is 800. The normalized spacial score (nSPS) is 17.9. The minimum Gasteiger partial charge on any atom is -0.480 e. The topological polar surface area (TPSA) is 100 Å². The van der Waals surface area contributed by atoms with Crippen LogP contribution in [0.1, 0.15) is 22.8 Å². The van der Waals surface area contributed by atoms with Crippen molar-refractivity contribution in [3.63, 3.8) is 0 Å². The lowest BCUT2D eigenvalue weighted by Gasteiger charge is -2.34. The van der Waals surface area contributed by atoms with Crippen molar-refractivity contribution < 1.29 is 14.7 Å². The van der Waals surface area contributed by atoms with Gasteiger partial charge >= 0.3 is 5.97 Å². The smallest absolute Gasteiger partial charge is 0.325 e. The van der Waals surface area contributed by atoms with Crippen LogP contribution >= 0.6 is 0 Å². The van der Waals surface area contributed by atoms with E-state index in [1.807, 2.05) is 6.92 Å². The third kappa shape index (κ3) is 4.26. The van der Waals surface area contributed by atoms with E-state index in [2.05, 4.69) is 44.6 Å². The molecule has 26 heavy (non-hydrogen) atoms. The number of aromatic nitrogens is 3. The average Bonchev–Trinajstić information content (AvgIpc) is 2.91. The van der Waals surface area contributed by atoms with Crippen molar-refractivity contribution in [2.45, 2.75) is 39.4 Å². The molecule has 1 amide bonds. The molecule has 1 saturated heterocycles. The molecule has 2 aromatic rings. The number of nitrogens with zero attached hydrogens (tertiary/aromatic N) is 4. The fraction of sp³-hybridized carbons (Fsp3) is 0.444. The van der Waals surface area contributed by atoms with Gasteiger partial charge in [0.2, 0.25) is 5.91 Å². The number of aryl methyl sites for hydroxylation is 2. The number of hydrogen-bond acceptors (Lipinski definition) is 5. The van der Waals surface area contributed by atoms with E-state index in [0.29, 0.717) is 31.2 Å². The molecule has 0 unspecified atom stereocenters. The Balaban J connectivity index is 1.79. The molecule has 1 fully saturated rings. The largest absolute Gasteiger partial charge is 0.480 e. The molecule has 3 rings (SSSR count). The number of hydrogen-bond donors (Lipinski definition) is 2. The quantitative estimate of drug-likeness (QED) is 0.782. The first-order valence-electron chi connectivity index (χ1n) is 8.62. The second kappa shape index (κ2) is 7.65. The SMILES string of the molecule is Cc1ccc(CN2CCNC(=O)[C@@H]2Cc2nc(C)nn2CC(=O)O)cc1. The first-order chi connectivity index (χ1) is 12.4. The summed E-state index contributed by atoms with van der Waals surface area (Å²) in [7, 11) is 0. The molecule has 0 radical (unpaired) electrons. The fourth-order valence-electron chi connectivity index (χ4n) is 3.18. The van der Waals surface area contributed by atoms with E-state index in [9.17, 15) is 9.59 Å². The van der Waals surface area contributed by atoms with Gasteiger partial charge in [-0.1, -0.05) is 29.8 Å². The maximum atomic E-state index is 12.5. The second-order valence-corrected chi connectivity index (χ2v) is 6.59. The number of rotatable bonds is 6. The van der Waals surface area contributed by atoms with Crippen LogP contribution in [0.4, 0.5) is 0 Å². The molecule has 0 bridgehead atoms. The summed E-state index contributed by atoms with van der Waals surface area (Å²) in [5.74, 6) is -0.0324. The zero-order valence-electron chi connectivity index (χ0n) is 15.0. The lowest BCUT2D eigenvalue weighted by molar-refractivity contribution is -0.137. The fourth-order valence-corrected chi connectivity index (χ4v) is 3.18. The first kappa shape index (κ1) is 18.1. The van der Waals surface area contributed by atoms with Crippen molar-refractivity contribution in [2.24, 2.45) is 0 Å². The molecular weight excluding hydrogens is 334 g/mol. The Morgan fingerprint density at radius 2 is 2.04 bits per heavy atom. The predicted molar refractivity (Wildman–Crippen MR) is 94.5 cm³/mol. The van der Waals surface area contributed by atoms with Crippen molar-refractivity contribution in [3.05, 3.63) is 47.0 Å². The number of aliphatic carboxylic acids is 1. The van der Waals surface area contributed by atoms with Gasteiger partial charge in [-0.15, -0.1) is 0 Å². The van der Waals surface area contributed by atoms with Crippen LogP contribution in [0.3, 0.4) is 0 Å². The number of carbonyl (C=O) groups is 2. The monoisotopic (exact) mass is 357 g/mol. The average molecular weight is 357 g/mol. The summed E-state index contributed by atoms with van der Waals surface area (Å²) in [6.45, 7) is 5.48. The minimum atomic E-state index is -0.985. The molecule has 8 heteroatoms. The lowest BCUT2D eigenvalue weighted by atomic mass is 10.1. The van der Waals surface area contributed by atoms with Crippen molar-refractivity contribution in [2.75, 3.05) is 13.1 Å². The van der Waals surface area contributed by atoms with Gasteiger partial charge in [0.25, 0.3) is 0 Å². The summed E-state index contributed by atoms with van der Waals surface area (Å²) < 4.78 is 1.36. The summed E-state index contributed by atoms with van der Waals surface area (Å²) in [6.07, 6.45) is 0.325. The summed E-state index contributed by atoms with van der Waals surface area (Å²) >= 11 is 0. The van der Waals surface area contributed by atoms with Gasteiger partial charge in [-0.05, 0) is 19.4 Å². The van der Waals surface area contributed by atoms with Crippen LogP contribution in [-0.2, 0) is 29.1 Å². The van der Waals surface area contributed by atoms with E-state index in [1.54, 1.807) is 6.92 Å². The van der Waals surface area contributed by atoms with E-state index in [4.69, 9.17) is 5.11 Å². The van der Waals surface area contributed by atoms with Crippen molar-refractivity contribution in [1.82, 2.24) is 25.0 Å². The van der Waals surface area contributed by atoms with Crippen LogP contribution in [0, 0.1) is 13.8 Å². The van der Waals surface area contributed by atoms with E-state index in [0.717, 1.165) is 12.1 Å². The second-order valence-electron chi connectivity index (χ2n) is 6.59. The molecular formula is C18H23N5O3. The Morgan fingerprint density at radius 3 is 2.73 bits per heavy atom. The summed E-state index contributed by atoms with van der Waals surface area (Å²) in [5, 5.41) is 16.1. The third-order valence-corrected chi connectivity index (χ3v) is 4.46. The highest BCUT2D eigenvalue weighted by Crippen LogP contribution is 2.16. The molecule has 8 nitrogen and oxygen atoms in total. The van der Waals surface area contributed by atoms with E-state index < -0.39 is 12.0 Å². The predicted octanol–water partition coefficient (Wildman–Crippen LogP) is 0.523. The van der Waals surface area contributed by atoms with Crippen LogP contribution < -0.4 is 5.32 Å². The number of piperazine rings is 1. The number of carboxylic acid groups (broad SMARTS) is 1. The Hall–Kier alpha value is -2.74. The van der Waals surface area contributed by atoms with Crippen LogP contribution in [0.2, 0.25) is 0 Å². The van der Waals surface area contributed by atoms with Crippen molar-refractivity contribution >= 4 is 11.9 Å². The number of benzene rings is 1. The maximum absolute atomic E-state index is 12.5. The van der Waals surface area contributed by atoms with Crippen LogP contribution in [-0.4, -0.2) is 55.8 Å². The number of carboxylic acids is 1. The standard InChI is InChI=1S/C18H23N5O3/c1-12-3-5-14(6-4-12)10-22-8-7-19-18(26)15(22)9-16-20-13(2)21-23(16)11-17(24)25/h3-6,15H,7-11H2,1-2H3,(H,19,26)(H,24,25)/t15-/m0/s1. The molecule has 0 spiro atoms. The first-order valence-corrected chi connectivity index (χ1v) is 8.62. The van der Waals surface area contributed by atoms with Crippen LogP contribution in [0.15, 0.2) is 24.3 Å². The van der Waals surface area contributed by atoms with Crippen LogP contribution in [0.25, 0.3) is 0 Å². The Labute approximate surface area is 151 Å². The molecule has 1 aliphatic heterocycles. The molecule has 1 aromatic carbocycles. The van der Waals surface area contributed by atoms with E-state index >= 15 is 0 Å². The van der Waals surface area contributed by atoms with Gasteiger partial charge < -0.3 is 10.4 Å². The van der Waals surface area contributed by atoms with Crippen molar-refractivity contribution in [1.29, 1.82) is 0 Å². The highest BCUT2D eigenvalue weighted by Gasteiger charge is 2.31. The number of carbonyl (C=O) groups excluding carboxylic acids is 1. The number of amides is 1. The zero-order valence-corrected chi connectivity index (χ0v) is 15.0. The third-order valence-electron chi connectivity index (χ3n) is 4.46. The van der Waals surface area contributed by atoms with Gasteiger partial charge in [0.05, 0.1) is 6.04 Å². The summed E-state index contributed by atoms with van der Waals surface area (Å²) in [6, 6.07) is 7.84. The van der Waals surface area contributed by atoms with E-state index in [1.165, 1.54) is 10.2 Å². The van der Waals surface area contributed by atoms with Gasteiger partial charge in [0, 0.05) is 26.1 Å². The van der Waals surface area contributed by atoms with Gasteiger partial charge in [-0.3, -0.25) is 14.5 Å². The highest BCUT2D eigenvalue weighted by molar-refractivity contribution is 5.82.